The van der Waals surface area contributed by atoms with Gasteiger partial charge in [0.2, 0.25) is 0 Å². The van der Waals surface area contributed by atoms with Crippen molar-refractivity contribution in [3.8, 4) is 5.75 Å². The van der Waals surface area contributed by atoms with Crippen molar-refractivity contribution in [2.45, 2.75) is 6.54 Å². The molecule has 0 unspecified atom stereocenters. The fourth-order valence-electron chi connectivity index (χ4n) is 1.68. The van der Waals surface area contributed by atoms with Crippen molar-refractivity contribution in [1.29, 1.82) is 0 Å². The first-order valence-electron chi connectivity index (χ1n) is 5.70. The summed E-state index contributed by atoms with van der Waals surface area (Å²) in [6.07, 6.45) is 1.84. The Morgan fingerprint density at radius 1 is 1.47 bits per heavy atom. The van der Waals surface area contributed by atoms with E-state index in [1.165, 1.54) is 7.11 Å². The number of aromatic nitrogens is 2. The van der Waals surface area contributed by atoms with Crippen molar-refractivity contribution in [1.82, 2.24) is 15.1 Å². The summed E-state index contributed by atoms with van der Waals surface area (Å²) in [7, 11) is 3.38. The molecule has 0 aliphatic rings. The average molecular weight is 324 g/mol. The van der Waals surface area contributed by atoms with Gasteiger partial charge in [0.1, 0.15) is 5.75 Å². The predicted molar refractivity (Wildman–Crippen MR) is 75.1 cm³/mol. The Kier molecular flexibility index (Phi) is 4.21. The van der Waals surface area contributed by atoms with Crippen LogP contribution in [0.5, 0.6) is 5.75 Å². The van der Waals surface area contributed by atoms with Crippen LogP contribution in [0.2, 0.25) is 0 Å². The minimum atomic E-state index is -0.185. The molecule has 1 N–H and O–H groups in total. The predicted octanol–water partition coefficient (Wildman–Crippen LogP) is 2.12. The number of halogens is 1. The van der Waals surface area contributed by atoms with E-state index in [1.807, 2.05) is 19.3 Å². The van der Waals surface area contributed by atoms with E-state index < -0.39 is 0 Å². The Morgan fingerprint density at radius 2 is 2.26 bits per heavy atom. The maximum Gasteiger partial charge on any atom is 0.255 e. The minimum Gasteiger partial charge on any atom is -0.496 e. The van der Waals surface area contributed by atoms with Crippen molar-refractivity contribution in [3.63, 3.8) is 0 Å². The number of rotatable bonds is 4. The van der Waals surface area contributed by atoms with E-state index in [1.54, 1.807) is 22.9 Å². The van der Waals surface area contributed by atoms with E-state index in [9.17, 15) is 4.79 Å². The molecule has 5 nitrogen and oxygen atoms in total. The van der Waals surface area contributed by atoms with Crippen LogP contribution in [0.4, 0.5) is 0 Å². The maximum absolute atomic E-state index is 12.1. The Balaban J connectivity index is 2.07. The lowest BCUT2D eigenvalue weighted by Crippen LogP contribution is -2.23. The highest BCUT2D eigenvalue weighted by Crippen LogP contribution is 2.23. The third-order valence-electron chi connectivity index (χ3n) is 2.61. The average Bonchev–Trinajstić information content (AvgIpc) is 2.81. The molecule has 0 atom stereocenters. The highest BCUT2D eigenvalue weighted by Gasteiger charge is 2.12. The van der Waals surface area contributed by atoms with Crippen LogP contribution in [-0.2, 0) is 13.6 Å². The molecular formula is C13H14BrN3O2. The van der Waals surface area contributed by atoms with Gasteiger partial charge in [-0.05, 0) is 24.3 Å². The van der Waals surface area contributed by atoms with Crippen molar-refractivity contribution in [3.05, 3.63) is 46.2 Å². The van der Waals surface area contributed by atoms with Crippen molar-refractivity contribution in [2.75, 3.05) is 7.11 Å². The smallest absolute Gasteiger partial charge is 0.255 e. The molecule has 0 saturated heterocycles. The van der Waals surface area contributed by atoms with Crippen LogP contribution < -0.4 is 10.1 Å². The van der Waals surface area contributed by atoms with Crippen LogP contribution in [0, 0.1) is 0 Å². The molecular weight excluding hydrogens is 310 g/mol. The number of benzene rings is 1. The molecule has 2 aromatic rings. The van der Waals surface area contributed by atoms with Gasteiger partial charge < -0.3 is 10.1 Å². The molecule has 0 spiro atoms. The highest BCUT2D eigenvalue weighted by molar-refractivity contribution is 9.10. The Bertz CT molecular complexity index is 595. The van der Waals surface area contributed by atoms with Crippen LogP contribution in [0.15, 0.2) is 34.9 Å². The van der Waals surface area contributed by atoms with Crippen LogP contribution in [0.1, 0.15) is 16.1 Å². The third kappa shape index (κ3) is 3.35. The second kappa shape index (κ2) is 5.88. The number of ether oxygens (including phenoxy) is 1. The standard InChI is InChI=1S/C13H14BrN3O2/c1-17-6-5-10(16-17)8-15-13(18)11-4-3-9(14)7-12(11)19-2/h3-7H,8H2,1-2H3,(H,15,18). The van der Waals surface area contributed by atoms with Crippen molar-refractivity contribution in [2.24, 2.45) is 7.05 Å². The molecule has 0 fully saturated rings. The van der Waals surface area contributed by atoms with Crippen LogP contribution in [0.25, 0.3) is 0 Å². The number of carbonyl (C=O) groups is 1. The zero-order chi connectivity index (χ0) is 13.8. The highest BCUT2D eigenvalue weighted by atomic mass is 79.9. The number of aryl methyl sites for hydroxylation is 1. The summed E-state index contributed by atoms with van der Waals surface area (Å²) in [5, 5.41) is 7.01. The van der Waals surface area contributed by atoms with E-state index in [0.717, 1.165) is 10.2 Å². The van der Waals surface area contributed by atoms with Crippen molar-refractivity contribution >= 4 is 21.8 Å². The summed E-state index contributed by atoms with van der Waals surface area (Å²) >= 11 is 3.34. The first-order valence-corrected chi connectivity index (χ1v) is 6.49. The SMILES string of the molecule is COc1cc(Br)ccc1C(=O)NCc1ccn(C)n1. The summed E-state index contributed by atoms with van der Waals surface area (Å²) in [6, 6.07) is 7.14. The zero-order valence-electron chi connectivity index (χ0n) is 10.7. The first kappa shape index (κ1) is 13.6. The van der Waals surface area contributed by atoms with Gasteiger partial charge in [-0.3, -0.25) is 9.48 Å². The Labute approximate surface area is 119 Å². The monoisotopic (exact) mass is 323 g/mol. The van der Waals surface area contributed by atoms with Gasteiger partial charge in [0.05, 0.1) is 24.9 Å². The lowest BCUT2D eigenvalue weighted by molar-refractivity contribution is 0.0947. The number of nitrogens with zero attached hydrogens (tertiary/aromatic N) is 2. The van der Waals surface area contributed by atoms with Crippen molar-refractivity contribution < 1.29 is 9.53 Å². The van der Waals surface area contributed by atoms with E-state index in [0.29, 0.717) is 17.9 Å². The minimum absolute atomic E-state index is 0.185. The zero-order valence-corrected chi connectivity index (χ0v) is 12.3. The topological polar surface area (TPSA) is 56.1 Å². The van der Waals surface area contributed by atoms with Crippen LogP contribution in [-0.4, -0.2) is 22.8 Å². The Morgan fingerprint density at radius 3 is 2.89 bits per heavy atom. The first-order chi connectivity index (χ1) is 9.10. The van der Waals surface area contributed by atoms with Crippen LogP contribution in [0.3, 0.4) is 0 Å². The molecule has 100 valence electrons. The largest absolute Gasteiger partial charge is 0.496 e. The second-order valence-corrected chi connectivity index (χ2v) is 4.92. The van der Waals surface area contributed by atoms with E-state index in [-0.39, 0.29) is 5.91 Å². The summed E-state index contributed by atoms with van der Waals surface area (Å²) in [5.41, 5.74) is 1.31. The van der Waals surface area contributed by atoms with Gasteiger partial charge in [-0.25, -0.2) is 0 Å². The lowest BCUT2D eigenvalue weighted by Gasteiger charge is -2.09. The van der Waals surface area contributed by atoms with Gasteiger partial charge in [0.15, 0.2) is 0 Å². The summed E-state index contributed by atoms with van der Waals surface area (Å²) in [4.78, 5) is 12.1. The summed E-state index contributed by atoms with van der Waals surface area (Å²) in [5.74, 6) is 0.350. The van der Waals surface area contributed by atoms with Gasteiger partial charge in [0.25, 0.3) is 5.91 Å². The Hall–Kier alpha value is -1.82. The van der Waals surface area contributed by atoms with E-state index in [4.69, 9.17) is 4.74 Å². The van der Waals surface area contributed by atoms with Gasteiger partial charge in [-0.1, -0.05) is 15.9 Å². The number of hydrogen-bond donors (Lipinski definition) is 1. The number of nitrogens with one attached hydrogen (secondary N) is 1. The lowest BCUT2D eigenvalue weighted by atomic mass is 10.2. The molecule has 19 heavy (non-hydrogen) atoms. The van der Waals surface area contributed by atoms with Gasteiger partial charge in [0, 0.05) is 17.7 Å². The molecule has 6 heteroatoms. The molecule has 0 bridgehead atoms. The van der Waals surface area contributed by atoms with Gasteiger partial charge in [-0.15, -0.1) is 0 Å². The van der Waals surface area contributed by atoms with Gasteiger partial charge >= 0.3 is 0 Å². The molecule has 1 amide bonds. The van der Waals surface area contributed by atoms with E-state index in [2.05, 4.69) is 26.3 Å². The fraction of sp³-hybridized carbons (Fsp3) is 0.231. The normalized spacial score (nSPS) is 10.3. The molecule has 1 aromatic heterocycles. The molecule has 0 aliphatic heterocycles. The van der Waals surface area contributed by atoms with E-state index >= 15 is 0 Å². The molecule has 0 radical (unpaired) electrons. The molecule has 0 saturated carbocycles. The number of methoxy groups -OCH3 is 1. The van der Waals surface area contributed by atoms with Gasteiger partial charge in [-0.2, -0.15) is 5.10 Å². The summed E-state index contributed by atoms with van der Waals surface area (Å²) < 4.78 is 7.76. The number of amides is 1. The second-order valence-electron chi connectivity index (χ2n) is 4.01. The maximum atomic E-state index is 12.1. The molecule has 1 heterocycles. The quantitative estimate of drug-likeness (QED) is 0.937. The molecule has 2 rings (SSSR count). The number of hydrogen-bond acceptors (Lipinski definition) is 3. The van der Waals surface area contributed by atoms with Crippen LogP contribution >= 0.6 is 15.9 Å². The number of carbonyl (C=O) groups excluding carboxylic acids is 1. The molecule has 1 aromatic carbocycles. The summed E-state index contributed by atoms with van der Waals surface area (Å²) in [6.45, 7) is 0.388. The fourth-order valence-corrected chi connectivity index (χ4v) is 2.02. The third-order valence-corrected chi connectivity index (χ3v) is 3.10. The molecule has 0 aliphatic carbocycles.